The van der Waals surface area contributed by atoms with Gasteiger partial charge in [-0.3, -0.25) is 25.0 Å². The number of anilines is 1. The van der Waals surface area contributed by atoms with Crippen molar-refractivity contribution in [2.75, 3.05) is 5.32 Å². The highest BCUT2D eigenvalue weighted by Crippen LogP contribution is 2.29. The van der Waals surface area contributed by atoms with E-state index in [0.29, 0.717) is 5.56 Å². The van der Waals surface area contributed by atoms with Crippen LogP contribution in [-0.4, -0.2) is 21.7 Å². The van der Waals surface area contributed by atoms with Gasteiger partial charge >= 0.3 is 11.9 Å². The van der Waals surface area contributed by atoms with Gasteiger partial charge < -0.3 is 14.5 Å². The van der Waals surface area contributed by atoms with Crippen molar-refractivity contribution in [1.29, 1.82) is 0 Å². The highest BCUT2D eigenvalue weighted by Gasteiger charge is 2.28. The number of nitrogens with zero attached hydrogens (tertiary/aromatic N) is 2. The van der Waals surface area contributed by atoms with E-state index in [9.17, 15) is 29.8 Å². The Morgan fingerprint density at radius 3 is 2.29 bits per heavy atom. The molecule has 0 saturated carbocycles. The molecule has 0 fully saturated rings. The maximum Gasteiger partial charge on any atom is 0.433 e. The van der Waals surface area contributed by atoms with Gasteiger partial charge in [-0.2, -0.15) is 0 Å². The Kier molecular flexibility index (Phi) is 6.40. The van der Waals surface area contributed by atoms with Crippen LogP contribution in [0.25, 0.3) is 0 Å². The highest BCUT2D eigenvalue weighted by atomic mass is 79.9. The van der Waals surface area contributed by atoms with Crippen LogP contribution in [0.4, 0.5) is 17.3 Å². The van der Waals surface area contributed by atoms with Gasteiger partial charge in [0.1, 0.15) is 4.92 Å². The maximum atomic E-state index is 12.9. The molecule has 3 aromatic rings. The van der Waals surface area contributed by atoms with Crippen molar-refractivity contribution in [2.24, 2.45) is 0 Å². The van der Waals surface area contributed by atoms with E-state index in [0.717, 1.165) is 12.1 Å². The molecular formula is C19H12BrN3O8. The largest absolute Gasteiger partial charge is 0.441 e. The first-order valence-corrected chi connectivity index (χ1v) is 9.30. The van der Waals surface area contributed by atoms with Crippen LogP contribution < -0.4 is 5.32 Å². The number of rotatable bonds is 7. The van der Waals surface area contributed by atoms with Gasteiger partial charge in [-0.25, -0.2) is 4.79 Å². The minimum Gasteiger partial charge on any atom is -0.441 e. The van der Waals surface area contributed by atoms with Gasteiger partial charge in [0.25, 0.3) is 11.6 Å². The lowest BCUT2D eigenvalue weighted by Gasteiger charge is -2.18. The fraction of sp³-hybridized carbons (Fsp3) is 0.0526. The van der Waals surface area contributed by atoms with E-state index in [1.165, 1.54) is 18.2 Å². The minimum absolute atomic E-state index is 0.185. The van der Waals surface area contributed by atoms with Gasteiger partial charge in [-0.1, -0.05) is 30.3 Å². The van der Waals surface area contributed by atoms with Gasteiger partial charge in [-0.15, -0.1) is 0 Å². The number of nitro groups is 2. The van der Waals surface area contributed by atoms with Crippen LogP contribution in [0.1, 0.15) is 22.2 Å². The summed E-state index contributed by atoms with van der Waals surface area (Å²) in [6.45, 7) is 0. The van der Waals surface area contributed by atoms with E-state index in [-0.39, 0.29) is 15.8 Å². The molecule has 0 aliphatic carbocycles. The summed E-state index contributed by atoms with van der Waals surface area (Å²) in [5, 5.41) is 24.1. The molecule has 12 heteroatoms. The van der Waals surface area contributed by atoms with Crippen molar-refractivity contribution in [3.8, 4) is 0 Å². The summed E-state index contributed by atoms with van der Waals surface area (Å²) in [7, 11) is 0. The van der Waals surface area contributed by atoms with Crippen LogP contribution in [0.2, 0.25) is 0 Å². The van der Waals surface area contributed by atoms with Crippen molar-refractivity contribution in [2.45, 2.75) is 6.10 Å². The molecule has 1 aromatic heterocycles. The highest BCUT2D eigenvalue weighted by molar-refractivity contribution is 9.10. The van der Waals surface area contributed by atoms with Crippen LogP contribution in [0.3, 0.4) is 0 Å². The second kappa shape index (κ2) is 9.17. The number of carbonyl (C=O) groups is 2. The van der Waals surface area contributed by atoms with Crippen molar-refractivity contribution in [1.82, 2.24) is 0 Å². The second-order valence-electron chi connectivity index (χ2n) is 6.00. The van der Waals surface area contributed by atoms with E-state index >= 15 is 0 Å². The molecule has 0 aliphatic heterocycles. The van der Waals surface area contributed by atoms with Gasteiger partial charge in [0.2, 0.25) is 11.9 Å². The summed E-state index contributed by atoms with van der Waals surface area (Å²) in [4.78, 5) is 45.5. The number of benzene rings is 2. The average Bonchev–Trinajstić information content (AvgIpc) is 3.24. The molecule has 1 unspecified atom stereocenters. The summed E-state index contributed by atoms with van der Waals surface area (Å²) in [6, 6.07) is 13.8. The predicted molar refractivity (Wildman–Crippen MR) is 109 cm³/mol. The van der Waals surface area contributed by atoms with Crippen LogP contribution in [0.15, 0.2) is 69.6 Å². The molecule has 11 nitrogen and oxygen atoms in total. The van der Waals surface area contributed by atoms with E-state index in [1.807, 2.05) is 0 Å². The number of hydrogen-bond donors (Lipinski definition) is 1. The quantitative estimate of drug-likeness (QED) is 0.290. The van der Waals surface area contributed by atoms with Crippen molar-refractivity contribution in [3.05, 3.63) is 96.7 Å². The molecule has 0 spiro atoms. The SMILES string of the molecule is O=C(OC(C(=O)Nc1ccc([N+](=O)[O-])cc1Br)c1ccccc1)c1ccc([N+](=O)[O-])o1. The molecule has 1 N–H and O–H groups in total. The van der Waals surface area contributed by atoms with Crippen molar-refractivity contribution < 1.29 is 28.6 Å². The first-order valence-electron chi connectivity index (χ1n) is 8.51. The summed E-state index contributed by atoms with van der Waals surface area (Å²) < 4.78 is 10.3. The fourth-order valence-electron chi connectivity index (χ4n) is 2.52. The molecule has 1 atom stereocenters. The van der Waals surface area contributed by atoms with Crippen LogP contribution in [0, 0.1) is 20.2 Å². The third-order valence-corrected chi connectivity index (χ3v) is 4.62. The predicted octanol–water partition coefficient (Wildman–Crippen LogP) is 4.40. The smallest absolute Gasteiger partial charge is 0.433 e. The lowest BCUT2D eigenvalue weighted by Crippen LogP contribution is -2.26. The Hall–Kier alpha value is -4.06. The Labute approximate surface area is 182 Å². The van der Waals surface area contributed by atoms with Crippen molar-refractivity contribution >= 4 is 45.1 Å². The fourth-order valence-corrected chi connectivity index (χ4v) is 2.98. The molecule has 0 saturated heterocycles. The zero-order valence-electron chi connectivity index (χ0n) is 15.4. The number of amides is 1. The second-order valence-corrected chi connectivity index (χ2v) is 6.86. The third kappa shape index (κ3) is 5.11. The lowest BCUT2D eigenvalue weighted by atomic mass is 10.1. The van der Waals surface area contributed by atoms with Crippen molar-refractivity contribution in [3.63, 3.8) is 0 Å². The lowest BCUT2D eigenvalue weighted by molar-refractivity contribution is -0.402. The van der Waals surface area contributed by atoms with Gasteiger partial charge in [0.15, 0.2) is 0 Å². The monoisotopic (exact) mass is 489 g/mol. The summed E-state index contributed by atoms with van der Waals surface area (Å²) in [6.07, 6.45) is -1.43. The summed E-state index contributed by atoms with van der Waals surface area (Å²) in [5.74, 6) is -2.94. The number of ether oxygens (including phenoxy) is 1. The standard InChI is InChI=1S/C19H12BrN3O8/c20-13-10-12(22(26)27)6-7-14(13)21-18(24)17(11-4-2-1-3-5-11)31-19(25)15-8-9-16(30-15)23(28)29/h1-10,17H,(H,21,24). The first kappa shape index (κ1) is 21.6. The molecule has 1 amide bonds. The normalized spacial score (nSPS) is 11.4. The number of non-ortho nitro benzene ring substituents is 1. The van der Waals surface area contributed by atoms with Crippen LogP contribution in [0.5, 0.6) is 0 Å². The van der Waals surface area contributed by atoms with Crippen LogP contribution in [-0.2, 0) is 9.53 Å². The van der Waals surface area contributed by atoms with E-state index < -0.39 is 39.5 Å². The third-order valence-electron chi connectivity index (χ3n) is 3.96. The number of carbonyl (C=O) groups excluding carboxylic acids is 2. The minimum atomic E-state index is -1.43. The number of hydrogen-bond acceptors (Lipinski definition) is 8. The molecule has 1 heterocycles. The Morgan fingerprint density at radius 2 is 1.71 bits per heavy atom. The number of nitrogens with one attached hydrogen (secondary N) is 1. The zero-order chi connectivity index (χ0) is 22.5. The molecule has 31 heavy (non-hydrogen) atoms. The van der Waals surface area contributed by atoms with Crippen LogP contribution >= 0.6 is 15.9 Å². The summed E-state index contributed by atoms with van der Waals surface area (Å²) in [5.41, 5.74) is 0.351. The molecule has 0 aliphatic rings. The number of furan rings is 1. The van der Waals surface area contributed by atoms with Gasteiger partial charge in [0, 0.05) is 22.2 Å². The van der Waals surface area contributed by atoms with E-state index in [1.54, 1.807) is 30.3 Å². The topological polar surface area (TPSA) is 155 Å². The molecule has 0 bridgehead atoms. The number of nitro benzene ring substituents is 1. The Bertz CT molecular complexity index is 1160. The van der Waals surface area contributed by atoms with E-state index in [4.69, 9.17) is 9.15 Å². The maximum absolute atomic E-state index is 12.9. The number of halogens is 1. The Morgan fingerprint density at radius 1 is 1.00 bits per heavy atom. The molecule has 0 radical (unpaired) electrons. The average molecular weight is 490 g/mol. The van der Waals surface area contributed by atoms with Gasteiger partial charge in [-0.05, 0) is 28.1 Å². The summed E-state index contributed by atoms with van der Waals surface area (Å²) >= 11 is 3.15. The molecular weight excluding hydrogens is 478 g/mol. The molecule has 3 rings (SSSR count). The zero-order valence-corrected chi connectivity index (χ0v) is 17.0. The number of esters is 1. The molecule has 2 aromatic carbocycles. The van der Waals surface area contributed by atoms with Gasteiger partial charge in [0.05, 0.1) is 16.7 Å². The first-order chi connectivity index (χ1) is 14.8. The van der Waals surface area contributed by atoms with E-state index in [2.05, 4.69) is 21.2 Å². The molecule has 158 valence electrons. The Balaban J connectivity index is 1.85.